The number of carbonyl (C=O) groups is 2. The average Bonchev–Trinajstić information content (AvgIpc) is 3.05. The lowest BCUT2D eigenvalue weighted by Crippen LogP contribution is -2.55. The zero-order valence-electron chi connectivity index (χ0n) is 15.4. The first-order chi connectivity index (χ1) is 13.0. The van der Waals surface area contributed by atoms with Gasteiger partial charge in [-0.1, -0.05) is 23.8 Å². The summed E-state index contributed by atoms with van der Waals surface area (Å²) >= 11 is 0. The number of rotatable bonds is 3. The summed E-state index contributed by atoms with van der Waals surface area (Å²) in [5, 5.41) is 3.93. The molecule has 3 aromatic rings. The number of hydrogen-bond acceptors (Lipinski definition) is 5. The van der Waals surface area contributed by atoms with Crippen molar-refractivity contribution in [3.05, 3.63) is 59.3 Å². The molecule has 2 aromatic carbocycles. The lowest BCUT2D eigenvalue weighted by atomic mass is 9.87. The Kier molecular flexibility index (Phi) is 3.91. The van der Waals surface area contributed by atoms with E-state index in [1.54, 1.807) is 25.3 Å². The van der Waals surface area contributed by atoms with Crippen LogP contribution < -0.4 is 10.1 Å². The smallest absolute Gasteiger partial charge is 0.354 e. The summed E-state index contributed by atoms with van der Waals surface area (Å²) in [6.45, 7) is 5.70. The second kappa shape index (κ2) is 6.16. The molecule has 4 rings (SSSR count). The number of carbonyl (C=O) groups excluding carboxylic acids is 2. The second-order valence-corrected chi connectivity index (χ2v) is 6.68. The number of para-hydroxylation sites is 1. The van der Waals surface area contributed by atoms with Crippen LogP contribution in [0.3, 0.4) is 0 Å². The third kappa shape index (κ3) is 2.48. The van der Waals surface area contributed by atoms with Crippen molar-refractivity contribution in [2.75, 3.05) is 11.9 Å². The van der Waals surface area contributed by atoms with Crippen LogP contribution in [0.25, 0.3) is 10.9 Å². The molecule has 0 spiro atoms. The molecule has 138 valence electrons. The Morgan fingerprint density at radius 1 is 1.22 bits per heavy atom. The molecule has 27 heavy (non-hydrogen) atoms. The molecule has 1 atom stereocenters. The molecule has 1 aromatic heterocycles. The zero-order chi connectivity index (χ0) is 19.2. The molecule has 1 aliphatic rings. The van der Waals surface area contributed by atoms with Crippen LogP contribution in [0.4, 0.5) is 5.69 Å². The summed E-state index contributed by atoms with van der Waals surface area (Å²) in [7, 11) is 0. The first-order valence-electron chi connectivity index (χ1n) is 8.83. The molecule has 0 saturated heterocycles. The van der Waals surface area contributed by atoms with E-state index >= 15 is 0 Å². The normalized spacial score (nSPS) is 18.6. The Balaban J connectivity index is 1.99. The Labute approximate surface area is 156 Å². The number of ether oxygens (including phenoxy) is 2. The lowest BCUT2D eigenvalue weighted by Gasteiger charge is -2.35. The van der Waals surface area contributed by atoms with Crippen LogP contribution >= 0.6 is 0 Å². The largest absolute Gasteiger partial charge is 0.464 e. The highest BCUT2D eigenvalue weighted by molar-refractivity contribution is 6.14. The number of aryl methyl sites for hydroxylation is 2. The number of esters is 2. The van der Waals surface area contributed by atoms with Crippen molar-refractivity contribution in [1.82, 2.24) is 4.98 Å². The second-order valence-electron chi connectivity index (χ2n) is 6.68. The Bertz CT molecular complexity index is 1070. The molecule has 0 amide bonds. The quantitative estimate of drug-likeness (QED) is 0.422. The van der Waals surface area contributed by atoms with E-state index in [4.69, 9.17) is 9.47 Å². The minimum Gasteiger partial charge on any atom is -0.464 e. The summed E-state index contributed by atoms with van der Waals surface area (Å²) in [6, 6.07) is 11.2. The van der Waals surface area contributed by atoms with E-state index in [1.807, 2.05) is 38.1 Å². The molecule has 6 heteroatoms. The van der Waals surface area contributed by atoms with Gasteiger partial charge in [0.05, 0.1) is 12.3 Å². The van der Waals surface area contributed by atoms with Crippen LogP contribution in [0.1, 0.15) is 23.6 Å². The fraction of sp³-hybridized carbons (Fsp3) is 0.238. The number of nitrogens with one attached hydrogen (secondary N) is 2. The van der Waals surface area contributed by atoms with Crippen LogP contribution in [0.5, 0.6) is 5.75 Å². The summed E-state index contributed by atoms with van der Waals surface area (Å²) in [4.78, 5) is 29.4. The Morgan fingerprint density at radius 2 is 2.04 bits per heavy atom. The van der Waals surface area contributed by atoms with Crippen LogP contribution in [0, 0.1) is 13.8 Å². The molecule has 1 aliphatic heterocycles. The van der Waals surface area contributed by atoms with Gasteiger partial charge in [-0.05, 0) is 44.5 Å². The molecular formula is C21H20N2O4. The molecule has 0 aliphatic carbocycles. The van der Waals surface area contributed by atoms with Gasteiger partial charge in [-0.2, -0.15) is 0 Å². The van der Waals surface area contributed by atoms with Gasteiger partial charge in [0, 0.05) is 22.7 Å². The summed E-state index contributed by atoms with van der Waals surface area (Å²) < 4.78 is 10.9. The number of aromatic nitrogens is 1. The molecule has 6 nitrogen and oxygen atoms in total. The third-order valence-corrected chi connectivity index (χ3v) is 4.88. The van der Waals surface area contributed by atoms with Gasteiger partial charge in [0.2, 0.25) is 0 Å². The fourth-order valence-electron chi connectivity index (χ4n) is 3.51. The van der Waals surface area contributed by atoms with Crippen molar-refractivity contribution in [2.45, 2.75) is 26.3 Å². The van der Waals surface area contributed by atoms with Crippen molar-refractivity contribution < 1.29 is 19.1 Å². The number of hydrogen-bond donors (Lipinski definition) is 2. The van der Waals surface area contributed by atoms with Crippen LogP contribution in [0.15, 0.2) is 42.6 Å². The summed E-state index contributed by atoms with van der Waals surface area (Å²) in [5.41, 5.74) is 2.02. The highest BCUT2D eigenvalue weighted by Crippen LogP contribution is 2.43. The highest BCUT2D eigenvalue weighted by Gasteiger charge is 2.55. The maximum Gasteiger partial charge on any atom is 0.354 e. The Morgan fingerprint density at radius 3 is 2.81 bits per heavy atom. The maximum atomic E-state index is 13.1. The van der Waals surface area contributed by atoms with E-state index in [9.17, 15) is 9.59 Å². The van der Waals surface area contributed by atoms with E-state index in [-0.39, 0.29) is 6.61 Å². The van der Waals surface area contributed by atoms with Gasteiger partial charge in [-0.15, -0.1) is 0 Å². The molecular weight excluding hydrogens is 344 g/mol. The van der Waals surface area contributed by atoms with Crippen molar-refractivity contribution in [2.24, 2.45) is 0 Å². The topological polar surface area (TPSA) is 80.4 Å². The van der Waals surface area contributed by atoms with Crippen molar-refractivity contribution in [3.8, 4) is 5.75 Å². The number of benzene rings is 2. The van der Waals surface area contributed by atoms with Gasteiger partial charge >= 0.3 is 11.9 Å². The number of fused-ring (bicyclic) bond motifs is 2. The first-order valence-corrected chi connectivity index (χ1v) is 8.83. The summed E-state index contributed by atoms with van der Waals surface area (Å²) in [6.07, 6.45) is 1.67. The van der Waals surface area contributed by atoms with E-state index in [0.29, 0.717) is 17.0 Å². The number of anilines is 1. The standard InChI is InChI=1S/C21H20N2O4/c1-4-26-19(24)21(15-11-22-16-9-8-12(2)10-14(15)16)20(25)27-17-7-5-6-13(3)18(17)23-21/h5-11,22-23H,4H2,1-3H3/t21-/m1/s1. The van der Waals surface area contributed by atoms with Crippen molar-refractivity contribution in [1.29, 1.82) is 0 Å². The van der Waals surface area contributed by atoms with E-state index in [0.717, 1.165) is 22.0 Å². The van der Waals surface area contributed by atoms with E-state index in [1.165, 1.54) is 0 Å². The van der Waals surface area contributed by atoms with Crippen LogP contribution in [0.2, 0.25) is 0 Å². The minimum atomic E-state index is -1.78. The van der Waals surface area contributed by atoms with E-state index in [2.05, 4.69) is 10.3 Å². The lowest BCUT2D eigenvalue weighted by molar-refractivity contribution is -0.159. The Hall–Kier alpha value is -3.28. The number of H-pyrrole nitrogens is 1. The van der Waals surface area contributed by atoms with Crippen LogP contribution in [-0.4, -0.2) is 23.5 Å². The summed E-state index contributed by atoms with van der Waals surface area (Å²) in [5.74, 6) is -0.997. The van der Waals surface area contributed by atoms with Gasteiger partial charge in [0.15, 0.2) is 5.75 Å². The SMILES string of the molecule is CCOC(=O)[C@@]1(c2c[nH]c3ccc(C)cc23)Nc2c(C)cccc2OC1=O. The molecule has 2 heterocycles. The fourth-order valence-corrected chi connectivity index (χ4v) is 3.51. The monoisotopic (exact) mass is 364 g/mol. The van der Waals surface area contributed by atoms with Crippen LogP contribution in [-0.2, 0) is 19.9 Å². The average molecular weight is 364 g/mol. The molecule has 0 saturated carbocycles. The van der Waals surface area contributed by atoms with Gasteiger partial charge < -0.3 is 19.8 Å². The minimum absolute atomic E-state index is 0.150. The van der Waals surface area contributed by atoms with Gasteiger partial charge in [0.25, 0.3) is 5.54 Å². The molecule has 0 unspecified atom stereocenters. The van der Waals surface area contributed by atoms with E-state index < -0.39 is 17.5 Å². The van der Waals surface area contributed by atoms with Gasteiger partial charge in [0.1, 0.15) is 0 Å². The predicted molar refractivity (Wildman–Crippen MR) is 102 cm³/mol. The maximum absolute atomic E-state index is 13.1. The van der Waals surface area contributed by atoms with Gasteiger partial charge in [-0.25, -0.2) is 9.59 Å². The molecule has 2 N–H and O–H groups in total. The number of aromatic amines is 1. The molecule has 0 bridgehead atoms. The zero-order valence-corrected chi connectivity index (χ0v) is 15.4. The highest BCUT2D eigenvalue weighted by atomic mass is 16.6. The molecule has 0 radical (unpaired) electrons. The third-order valence-electron chi connectivity index (χ3n) is 4.88. The van der Waals surface area contributed by atoms with Crippen molar-refractivity contribution >= 4 is 28.5 Å². The van der Waals surface area contributed by atoms with Crippen molar-refractivity contribution in [3.63, 3.8) is 0 Å². The van der Waals surface area contributed by atoms with Gasteiger partial charge in [-0.3, -0.25) is 0 Å². The predicted octanol–water partition coefficient (Wildman–Crippen LogP) is 3.57. The molecule has 0 fully saturated rings. The first kappa shape index (κ1) is 17.1.